The van der Waals surface area contributed by atoms with Crippen LogP contribution in [0.5, 0.6) is 5.75 Å². The van der Waals surface area contributed by atoms with Gasteiger partial charge in [0.25, 0.3) is 12.3 Å². The second-order valence-electron chi connectivity index (χ2n) is 8.29. The Balaban J connectivity index is 1.37. The van der Waals surface area contributed by atoms with Gasteiger partial charge < -0.3 is 15.0 Å². The molecule has 0 aromatic heterocycles. The summed E-state index contributed by atoms with van der Waals surface area (Å²) in [4.78, 5) is 27.2. The molecule has 1 fully saturated rings. The molecule has 1 heterocycles. The second-order valence-corrected chi connectivity index (χ2v) is 8.29. The molecule has 1 aliphatic heterocycles. The number of nitrogens with one attached hydrogen (secondary N) is 1. The molecule has 2 amide bonds. The Bertz CT molecular complexity index is 1000. The molecule has 4 rings (SSSR count). The monoisotopic (exact) mass is 428 g/mol. The zero-order chi connectivity index (χ0) is 22.1. The van der Waals surface area contributed by atoms with Gasteiger partial charge in [-0.3, -0.25) is 9.59 Å². The lowest BCUT2D eigenvalue weighted by Gasteiger charge is -2.34. The van der Waals surface area contributed by atoms with E-state index < -0.39 is 6.43 Å². The molecule has 0 atom stereocenters. The number of hydrogen-bond donors (Lipinski definition) is 1. The van der Waals surface area contributed by atoms with Crippen molar-refractivity contribution in [2.45, 2.75) is 51.6 Å². The number of anilines is 1. The second kappa shape index (κ2) is 8.65. The lowest BCUT2D eigenvalue weighted by atomic mass is 9.84. The molecule has 31 heavy (non-hydrogen) atoms. The largest absolute Gasteiger partial charge is 0.496 e. The van der Waals surface area contributed by atoms with Crippen LogP contribution in [0.2, 0.25) is 0 Å². The number of alkyl halides is 2. The minimum atomic E-state index is -2.59. The summed E-state index contributed by atoms with van der Waals surface area (Å²) in [5.41, 5.74) is 2.45. The van der Waals surface area contributed by atoms with Gasteiger partial charge in [0.1, 0.15) is 5.75 Å². The fourth-order valence-corrected chi connectivity index (χ4v) is 4.67. The third-order valence-electron chi connectivity index (χ3n) is 6.45. The Labute approximate surface area is 180 Å². The number of hydrogen-bond acceptors (Lipinski definition) is 3. The number of carbonyl (C=O) groups excluding carboxylic acids is 2. The standard InChI is InChI=1S/C24H26F2N2O3/c1-14-6-9-16(12-21(14)31-2)27-23(29)15-7-10-17(11-8-15)28-13-20-18(22(25)26)4-3-5-19(20)24(28)30/h3-6,9,12,15,17,22H,7-8,10-11,13H2,1-2H3,(H,27,29). The van der Waals surface area contributed by atoms with Crippen LogP contribution in [-0.2, 0) is 11.3 Å². The predicted molar refractivity (Wildman–Crippen MR) is 113 cm³/mol. The number of carbonyl (C=O) groups is 2. The summed E-state index contributed by atoms with van der Waals surface area (Å²) in [5, 5.41) is 2.96. The summed E-state index contributed by atoms with van der Waals surface area (Å²) in [6, 6.07) is 10.1. The highest BCUT2D eigenvalue weighted by molar-refractivity contribution is 5.99. The third kappa shape index (κ3) is 4.13. The van der Waals surface area contributed by atoms with Crippen molar-refractivity contribution in [3.8, 4) is 5.75 Å². The van der Waals surface area contributed by atoms with Gasteiger partial charge in [0, 0.05) is 41.4 Å². The normalized spacial score (nSPS) is 20.7. The first-order valence-electron chi connectivity index (χ1n) is 10.6. The molecule has 0 radical (unpaired) electrons. The Morgan fingerprint density at radius 2 is 1.90 bits per heavy atom. The van der Waals surface area contributed by atoms with Crippen molar-refractivity contribution in [2.24, 2.45) is 5.92 Å². The Morgan fingerprint density at radius 1 is 1.16 bits per heavy atom. The van der Waals surface area contributed by atoms with Gasteiger partial charge in [0.05, 0.1) is 7.11 Å². The van der Waals surface area contributed by atoms with Crippen LogP contribution in [0.1, 0.15) is 59.2 Å². The minimum Gasteiger partial charge on any atom is -0.496 e. The van der Waals surface area contributed by atoms with Crippen molar-refractivity contribution in [3.05, 3.63) is 58.7 Å². The van der Waals surface area contributed by atoms with Crippen molar-refractivity contribution in [3.63, 3.8) is 0 Å². The number of halogens is 2. The average Bonchev–Trinajstić information content (AvgIpc) is 3.11. The van der Waals surface area contributed by atoms with Crippen molar-refractivity contribution < 1.29 is 23.1 Å². The van der Waals surface area contributed by atoms with Gasteiger partial charge in [-0.15, -0.1) is 0 Å². The van der Waals surface area contributed by atoms with Crippen LogP contribution in [0.4, 0.5) is 14.5 Å². The van der Waals surface area contributed by atoms with Crippen molar-refractivity contribution in [1.29, 1.82) is 0 Å². The fraction of sp³-hybridized carbons (Fsp3) is 0.417. The average molecular weight is 428 g/mol. The van der Waals surface area contributed by atoms with E-state index in [4.69, 9.17) is 4.74 Å². The molecule has 1 saturated carbocycles. The molecule has 2 aromatic rings. The fourth-order valence-electron chi connectivity index (χ4n) is 4.67. The van der Waals surface area contributed by atoms with Crippen LogP contribution in [0.3, 0.4) is 0 Å². The minimum absolute atomic E-state index is 0.0334. The number of amides is 2. The zero-order valence-corrected chi connectivity index (χ0v) is 17.7. The molecule has 164 valence electrons. The van der Waals surface area contributed by atoms with Crippen LogP contribution in [0.25, 0.3) is 0 Å². The molecule has 5 nitrogen and oxygen atoms in total. The highest BCUT2D eigenvalue weighted by Crippen LogP contribution is 2.37. The summed E-state index contributed by atoms with van der Waals surface area (Å²) in [6.45, 7) is 2.16. The zero-order valence-electron chi connectivity index (χ0n) is 17.7. The molecular formula is C24H26F2N2O3. The molecule has 0 spiro atoms. The molecule has 0 bridgehead atoms. The maximum atomic E-state index is 13.3. The molecule has 0 saturated heterocycles. The summed E-state index contributed by atoms with van der Waals surface area (Å²) in [5.74, 6) is 0.356. The predicted octanol–water partition coefficient (Wildman–Crippen LogP) is 5.09. The number of ether oxygens (including phenoxy) is 1. The highest BCUT2D eigenvalue weighted by Gasteiger charge is 2.37. The highest BCUT2D eigenvalue weighted by atomic mass is 19.3. The first kappa shape index (κ1) is 21.3. The molecule has 1 aliphatic carbocycles. The van der Waals surface area contributed by atoms with Crippen LogP contribution >= 0.6 is 0 Å². The first-order valence-corrected chi connectivity index (χ1v) is 10.6. The molecular weight excluding hydrogens is 402 g/mol. The Morgan fingerprint density at radius 3 is 2.58 bits per heavy atom. The Hall–Kier alpha value is -2.96. The van der Waals surface area contributed by atoms with E-state index in [1.165, 1.54) is 12.1 Å². The Kier molecular flexibility index (Phi) is 5.94. The smallest absolute Gasteiger partial charge is 0.264 e. The van der Waals surface area contributed by atoms with E-state index >= 15 is 0 Å². The van der Waals surface area contributed by atoms with Crippen molar-refractivity contribution >= 4 is 17.5 Å². The molecule has 1 N–H and O–H groups in total. The van der Waals surface area contributed by atoms with Gasteiger partial charge in [-0.2, -0.15) is 0 Å². The van der Waals surface area contributed by atoms with Crippen LogP contribution < -0.4 is 10.1 Å². The summed E-state index contributed by atoms with van der Waals surface area (Å²) < 4.78 is 32.0. The quantitative estimate of drug-likeness (QED) is 0.721. The van der Waals surface area contributed by atoms with Crippen molar-refractivity contribution in [1.82, 2.24) is 4.90 Å². The molecule has 7 heteroatoms. The maximum Gasteiger partial charge on any atom is 0.264 e. The van der Waals surface area contributed by atoms with E-state index in [0.717, 1.165) is 11.3 Å². The van der Waals surface area contributed by atoms with Crippen LogP contribution in [0, 0.1) is 12.8 Å². The van der Waals surface area contributed by atoms with Gasteiger partial charge in [0.2, 0.25) is 5.91 Å². The molecule has 0 unspecified atom stereocenters. The lowest BCUT2D eigenvalue weighted by molar-refractivity contribution is -0.121. The summed E-state index contributed by atoms with van der Waals surface area (Å²) in [6.07, 6.45) is 0.0725. The number of nitrogens with zero attached hydrogens (tertiary/aromatic N) is 1. The van der Waals surface area contributed by atoms with Crippen LogP contribution in [-0.4, -0.2) is 29.9 Å². The van der Waals surface area contributed by atoms with E-state index in [1.807, 2.05) is 19.1 Å². The third-order valence-corrected chi connectivity index (χ3v) is 6.45. The topological polar surface area (TPSA) is 58.6 Å². The lowest BCUT2D eigenvalue weighted by Crippen LogP contribution is -2.40. The number of aryl methyl sites for hydroxylation is 1. The summed E-state index contributed by atoms with van der Waals surface area (Å²) >= 11 is 0. The van der Waals surface area contributed by atoms with Gasteiger partial charge in [-0.25, -0.2) is 8.78 Å². The van der Waals surface area contributed by atoms with E-state index in [0.29, 0.717) is 42.5 Å². The van der Waals surface area contributed by atoms with E-state index in [2.05, 4.69) is 5.32 Å². The van der Waals surface area contributed by atoms with E-state index in [1.54, 1.807) is 24.1 Å². The first-order chi connectivity index (χ1) is 14.9. The van der Waals surface area contributed by atoms with Gasteiger partial charge in [0.15, 0.2) is 0 Å². The van der Waals surface area contributed by atoms with Crippen LogP contribution in [0.15, 0.2) is 36.4 Å². The van der Waals surface area contributed by atoms with E-state index in [-0.39, 0.29) is 35.9 Å². The molecule has 2 aliphatic rings. The van der Waals surface area contributed by atoms with Gasteiger partial charge >= 0.3 is 0 Å². The number of rotatable bonds is 5. The molecule has 2 aromatic carbocycles. The number of methoxy groups -OCH3 is 1. The van der Waals surface area contributed by atoms with Gasteiger partial charge in [-0.05, 0) is 55.9 Å². The van der Waals surface area contributed by atoms with E-state index in [9.17, 15) is 18.4 Å². The summed E-state index contributed by atoms with van der Waals surface area (Å²) in [7, 11) is 1.59. The maximum absolute atomic E-state index is 13.3. The SMILES string of the molecule is COc1cc(NC(=O)C2CCC(N3Cc4c(cccc4C(F)F)C3=O)CC2)ccc1C. The van der Waals surface area contributed by atoms with Gasteiger partial charge in [-0.1, -0.05) is 18.2 Å². The number of fused-ring (bicyclic) bond motifs is 1. The van der Waals surface area contributed by atoms with Crippen molar-refractivity contribution in [2.75, 3.05) is 12.4 Å². The number of benzene rings is 2.